The number of aryl methyl sites for hydroxylation is 1. The van der Waals surface area contributed by atoms with Crippen molar-refractivity contribution in [2.24, 2.45) is 0 Å². The van der Waals surface area contributed by atoms with Crippen LogP contribution in [0.2, 0.25) is 0 Å². The fraction of sp³-hybridized carbons (Fsp3) is 0.333. The zero-order chi connectivity index (χ0) is 23.3. The van der Waals surface area contributed by atoms with Gasteiger partial charge in [0, 0.05) is 18.8 Å². The summed E-state index contributed by atoms with van der Waals surface area (Å²) in [7, 11) is 0. The number of anilines is 1. The molecule has 0 spiro atoms. The Kier molecular flexibility index (Phi) is 4.96. The number of piperidine rings is 1. The number of hydrogen-bond donors (Lipinski definition) is 2. The summed E-state index contributed by atoms with van der Waals surface area (Å²) in [6.07, 6.45) is -3.91. The fourth-order valence-corrected chi connectivity index (χ4v) is 4.09. The number of fused-ring (bicyclic) bond motifs is 1. The van der Waals surface area contributed by atoms with E-state index in [0.29, 0.717) is 24.0 Å². The first-order valence-corrected chi connectivity index (χ1v) is 10.3. The zero-order valence-corrected chi connectivity index (χ0v) is 17.4. The predicted molar refractivity (Wildman–Crippen MR) is 112 cm³/mol. The van der Waals surface area contributed by atoms with Crippen LogP contribution in [-0.2, 0) is 6.18 Å². The lowest BCUT2D eigenvalue weighted by Gasteiger charge is -2.28. The molecule has 1 fully saturated rings. The fourth-order valence-electron chi connectivity index (χ4n) is 4.09. The molecule has 1 aliphatic heterocycles. The van der Waals surface area contributed by atoms with E-state index in [1.807, 2.05) is 0 Å². The van der Waals surface area contributed by atoms with Crippen molar-refractivity contribution in [3.05, 3.63) is 52.1 Å². The highest BCUT2D eigenvalue weighted by molar-refractivity contribution is 5.81. The number of aliphatic hydroxyl groups is 1. The van der Waals surface area contributed by atoms with Gasteiger partial charge in [0.15, 0.2) is 5.69 Å². The van der Waals surface area contributed by atoms with Gasteiger partial charge in [0.2, 0.25) is 0 Å². The molecule has 12 heteroatoms. The van der Waals surface area contributed by atoms with E-state index in [-0.39, 0.29) is 39.9 Å². The molecule has 4 aromatic rings. The second kappa shape index (κ2) is 7.73. The number of β-amino-alcohol motifs (C(OH)–C–C–N with tert-alkyl or cyclic N) is 1. The molecule has 9 nitrogen and oxygen atoms in total. The van der Waals surface area contributed by atoms with E-state index in [1.54, 1.807) is 30.0 Å². The lowest BCUT2D eigenvalue weighted by molar-refractivity contribution is -0.140. The number of H-pyrrole nitrogens is 1. The van der Waals surface area contributed by atoms with Gasteiger partial charge in [0.05, 0.1) is 11.7 Å². The van der Waals surface area contributed by atoms with E-state index >= 15 is 0 Å². The minimum atomic E-state index is -4.78. The molecule has 33 heavy (non-hydrogen) atoms. The normalized spacial score (nSPS) is 17.1. The number of alkyl halides is 3. The van der Waals surface area contributed by atoms with Crippen molar-refractivity contribution in [3.8, 4) is 22.6 Å². The van der Waals surface area contributed by atoms with Crippen molar-refractivity contribution >= 4 is 11.7 Å². The van der Waals surface area contributed by atoms with Crippen LogP contribution < -0.4 is 10.5 Å². The summed E-state index contributed by atoms with van der Waals surface area (Å²) < 4.78 is 47.8. The Morgan fingerprint density at radius 2 is 1.94 bits per heavy atom. The van der Waals surface area contributed by atoms with E-state index in [4.69, 9.17) is 4.42 Å². The SMILES string of the molecule is Cc1[nH]c2c(-c3ccccc3)c(C(F)(F)F)nn2c(=O)c1-c1nnc(N2CCCC(O)C2)o1. The van der Waals surface area contributed by atoms with Gasteiger partial charge in [-0.2, -0.15) is 22.8 Å². The number of nitrogens with one attached hydrogen (secondary N) is 1. The van der Waals surface area contributed by atoms with Gasteiger partial charge >= 0.3 is 12.2 Å². The Hall–Kier alpha value is -3.67. The summed E-state index contributed by atoms with van der Waals surface area (Å²) in [5.41, 5.74) is -1.84. The highest BCUT2D eigenvalue weighted by Crippen LogP contribution is 2.38. The molecule has 0 bridgehead atoms. The van der Waals surface area contributed by atoms with Gasteiger partial charge in [-0.1, -0.05) is 35.4 Å². The third kappa shape index (κ3) is 3.65. The van der Waals surface area contributed by atoms with Crippen LogP contribution in [0.4, 0.5) is 19.2 Å². The van der Waals surface area contributed by atoms with Gasteiger partial charge in [0.1, 0.15) is 11.2 Å². The summed E-state index contributed by atoms with van der Waals surface area (Å²) in [4.78, 5) is 17.8. The van der Waals surface area contributed by atoms with Crippen LogP contribution >= 0.6 is 0 Å². The molecular weight excluding hydrogens is 441 g/mol. The molecule has 0 radical (unpaired) electrons. The number of rotatable bonds is 3. The Bertz CT molecular complexity index is 1380. The third-order valence-electron chi connectivity index (χ3n) is 5.60. The number of halogens is 3. The predicted octanol–water partition coefficient (Wildman–Crippen LogP) is 3.03. The molecule has 172 valence electrons. The molecule has 4 heterocycles. The zero-order valence-electron chi connectivity index (χ0n) is 17.4. The molecule has 0 saturated carbocycles. The third-order valence-corrected chi connectivity index (χ3v) is 5.60. The summed E-state index contributed by atoms with van der Waals surface area (Å²) in [6, 6.07) is 8.06. The molecular formula is C21H19F3N6O3. The van der Waals surface area contributed by atoms with Gasteiger partial charge in [-0.15, -0.1) is 5.10 Å². The van der Waals surface area contributed by atoms with E-state index < -0.39 is 23.5 Å². The number of aliphatic hydroxyl groups excluding tert-OH is 1. The first kappa shape index (κ1) is 21.2. The van der Waals surface area contributed by atoms with Gasteiger partial charge < -0.3 is 19.4 Å². The summed E-state index contributed by atoms with van der Waals surface area (Å²) in [5, 5.41) is 21.4. The number of hydrogen-bond acceptors (Lipinski definition) is 7. The standard InChI is InChI=1S/C21H19F3N6O3/c1-11-14(18-26-27-20(33-18)29-9-5-8-13(31)10-29)19(32)30-17(25-11)15(12-6-3-2-4-7-12)16(28-30)21(22,23)24/h2-4,6-7,13,25,31H,5,8-10H2,1H3. The Labute approximate surface area is 184 Å². The second-order valence-corrected chi connectivity index (χ2v) is 7.91. The first-order valence-electron chi connectivity index (χ1n) is 10.3. The van der Waals surface area contributed by atoms with Gasteiger partial charge in [-0.25, -0.2) is 0 Å². The topological polar surface area (TPSA) is 113 Å². The lowest BCUT2D eigenvalue weighted by atomic mass is 10.1. The summed E-state index contributed by atoms with van der Waals surface area (Å²) in [5.74, 6) is -0.143. The van der Waals surface area contributed by atoms with E-state index in [9.17, 15) is 23.1 Å². The second-order valence-electron chi connectivity index (χ2n) is 7.91. The van der Waals surface area contributed by atoms with Crippen LogP contribution in [0.25, 0.3) is 28.2 Å². The van der Waals surface area contributed by atoms with E-state index in [2.05, 4.69) is 20.3 Å². The van der Waals surface area contributed by atoms with E-state index in [1.165, 1.54) is 12.1 Å². The van der Waals surface area contributed by atoms with Crippen LogP contribution in [0, 0.1) is 6.92 Å². The largest absolute Gasteiger partial charge is 0.435 e. The first-order chi connectivity index (χ1) is 15.7. The minimum absolute atomic E-state index is 0.0744. The molecule has 3 aromatic heterocycles. The molecule has 1 atom stereocenters. The average Bonchev–Trinajstić information content (AvgIpc) is 3.40. The highest BCUT2D eigenvalue weighted by atomic mass is 19.4. The number of aromatic nitrogens is 5. The summed E-state index contributed by atoms with van der Waals surface area (Å²) in [6.45, 7) is 2.45. The maximum absolute atomic E-state index is 13.8. The molecule has 0 amide bonds. The Morgan fingerprint density at radius 1 is 1.18 bits per heavy atom. The van der Waals surface area contributed by atoms with Crippen LogP contribution in [0.1, 0.15) is 24.2 Å². The van der Waals surface area contributed by atoms with Crippen molar-refractivity contribution in [1.29, 1.82) is 0 Å². The van der Waals surface area contributed by atoms with Crippen molar-refractivity contribution in [3.63, 3.8) is 0 Å². The number of nitrogens with zero attached hydrogens (tertiary/aromatic N) is 5. The van der Waals surface area contributed by atoms with Gasteiger partial charge in [-0.3, -0.25) is 4.79 Å². The number of benzene rings is 1. The Morgan fingerprint density at radius 3 is 2.64 bits per heavy atom. The Balaban J connectivity index is 1.67. The molecule has 2 N–H and O–H groups in total. The highest BCUT2D eigenvalue weighted by Gasteiger charge is 2.39. The van der Waals surface area contributed by atoms with E-state index in [0.717, 1.165) is 6.42 Å². The smallest absolute Gasteiger partial charge is 0.403 e. The van der Waals surface area contributed by atoms with Crippen LogP contribution in [0.3, 0.4) is 0 Å². The van der Waals surface area contributed by atoms with Crippen LogP contribution in [-0.4, -0.2) is 49.1 Å². The molecule has 5 rings (SSSR count). The quantitative estimate of drug-likeness (QED) is 0.483. The lowest BCUT2D eigenvalue weighted by Crippen LogP contribution is -2.38. The van der Waals surface area contributed by atoms with Crippen molar-refractivity contribution < 1.29 is 22.7 Å². The van der Waals surface area contributed by atoms with Crippen molar-refractivity contribution in [2.75, 3.05) is 18.0 Å². The minimum Gasteiger partial charge on any atom is -0.403 e. The monoisotopic (exact) mass is 460 g/mol. The van der Waals surface area contributed by atoms with Gasteiger partial charge in [0.25, 0.3) is 11.4 Å². The van der Waals surface area contributed by atoms with Crippen molar-refractivity contribution in [2.45, 2.75) is 32.0 Å². The van der Waals surface area contributed by atoms with Gasteiger partial charge in [-0.05, 0) is 25.3 Å². The van der Waals surface area contributed by atoms with Crippen LogP contribution in [0.15, 0.2) is 39.5 Å². The van der Waals surface area contributed by atoms with Crippen LogP contribution in [0.5, 0.6) is 0 Å². The summed E-state index contributed by atoms with van der Waals surface area (Å²) >= 11 is 0. The maximum atomic E-state index is 13.8. The molecule has 1 unspecified atom stereocenters. The molecule has 1 saturated heterocycles. The molecule has 1 aromatic carbocycles. The molecule has 1 aliphatic rings. The maximum Gasteiger partial charge on any atom is 0.435 e. The number of aromatic amines is 1. The van der Waals surface area contributed by atoms with Crippen molar-refractivity contribution in [1.82, 2.24) is 24.8 Å². The molecule has 0 aliphatic carbocycles. The average molecular weight is 460 g/mol.